The summed E-state index contributed by atoms with van der Waals surface area (Å²) in [5.41, 5.74) is 5.24. The summed E-state index contributed by atoms with van der Waals surface area (Å²) in [6, 6.07) is 21.2. The minimum Gasteiger partial charge on any atom is -0.322 e. The summed E-state index contributed by atoms with van der Waals surface area (Å²) >= 11 is 10.0. The van der Waals surface area contributed by atoms with E-state index in [1.807, 2.05) is 66.7 Å². The number of rotatable bonds is 3. The molecular formula is C27H18BrClN4O2. The van der Waals surface area contributed by atoms with E-state index >= 15 is 0 Å². The van der Waals surface area contributed by atoms with Gasteiger partial charge in [0.1, 0.15) is 0 Å². The number of nitrogens with zero attached hydrogens (tertiary/aromatic N) is 3. The Balaban J connectivity index is 1.43. The Bertz CT molecular complexity index is 1550. The molecular weight excluding hydrogens is 528 g/mol. The number of hydrogen-bond acceptors (Lipinski definition) is 4. The van der Waals surface area contributed by atoms with Gasteiger partial charge in [-0.1, -0.05) is 76.1 Å². The summed E-state index contributed by atoms with van der Waals surface area (Å²) in [4.78, 5) is 37.9. The number of para-hydroxylation sites is 1. The van der Waals surface area contributed by atoms with Crippen LogP contribution in [0.15, 0.2) is 82.4 Å². The van der Waals surface area contributed by atoms with Crippen LogP contribution in [0.1, 0.15) is 27.0 Å². The van der Waals surface area contributed by atoms with Crippen molar-refractivity contribution in [3.05, 3.63) is 105 Å². The fourth-order valence-electron chi connectivity index (χ4n) is 4.68. The fourth-order valence-corrected chi connectivity index (χ4v) is 5.33. The molecule has 3 aromatic carbocycles. The molecule has 0 aliphatic carbocycles. The molecule has 0 spiro atoms. The highest BCUT2D eigenvalue weighted by molar-refractivity contribution is 9.10. The van der Waals surface area contributed by atoms with Crippen LogP contribution >= 0.6 is 27.5 Å². The quantitative estimate of drug-likeness (QED) is 0.387. The average Bonchev–Trinajstić information content (AvgIpc) is 3.27. The molecule has 0 saturated heterocycles. The van der Waals surface area contributed by atoms with Gasteiger partial charge in [-0.05, 0) is 30.2 Å². The molecule has 4 aromatic rings. The summed E-state index contributed by atoms with van der Waals surface area (Å²) in [5.74, 6) is -0.785. The molecule has 2 aliphatic heterocycles. The second-order valence-corrected chi connectivity index (χ2v) is 9.71. The lowest BCUT2D eigenvalue weighted by atomic mass is 9.98. The van der Waals surface area contributed by atoms with Gasteiger partial charge in [-0.25, -0.2) is 4.99 Å². The first-order valence-electron chi connectivity index (χ1n) is 11.1. The van der Waals surface area contributed by atoms with E-state index in [0.717, 1.165) is 33.3 Å². The number of aliphatic imine (C=N–C) groups is 1. The third-order valence-electron chi connectivity index (χ3n) is 6.33. The van der Waals surface area contributed by atoms with Crippen LogP contribution in [0.2, 0.25) is 5.02 Å². The van der Waals surface area contributed by atoms with Crippen LogP contribution in [0.4, 0.5) is 5.69 Å². The van der Waals surface area contributed by atoms with Crippen LogP contribution in [0.3, 0.4) is 0 Å². The zero-order chi connectivity index (χ0) is 24.1. The largest absolute Gasteiger partial charge is 0.322 e. The number of aromatic nitrogens is 1. The Morgan fingerprint density at radius 1 is 1.09 bits per heavy atom. The van der Waals surface area contributed by atoms with Gasteiger partial charge in [0.05, 0.1) is 27.5 Å². The lowest BCUT2D eigenvalue weighted by Gasteiger charge is -2.21. The zero-order valence-corrected chi connectivity index (χ0v) is 20.7. The summed E-state index contributed by atoms with van der Waals surface area (Å²) in [6.07, 6.45) is 1.08. The molecule has 0 saturated carbocycles. The third-order valence-corrected chi connectivity index (χ3v) is 7.23. The van der Waals surface area contributed by atoms with Crippen molar-refractivity contribution in [2.45, 2.75) is 12.6 Å². The number of nitrogens with one attached hydrogen (secondary N) is 1. The summed E-state index contributed by atoms with van der Waals surface area (Å²) in [7, 11) is 0. The molecule has 3 heterocycles. The van der Waals surface area contributed by atoms with Crippen molar-refractivity contribution < 1.29 is 9.59 Å². The topological polar surface area (TPSA) is 74.7 Å². The minimum atomic E-state index is -1.11. The van der Waals surface area contributed by atoms with E-state index in [0.29, 0.717) is 23.2 Å². The third kappa shape index (κ3) is 3.72. The van der Waals surface area contributed by atoms with Gasteiger partial charge in [0.2, 0.25) is 6.17 Å². The number of benzene rings is 3. The average molecular weight is 546 g/mol. The van der Waals surface area contributed by atoms with Crippen molar-refractivity contribution in [3.63, 3.8) is 0 Å². The molecule has 2 aliphatic rings. The Morgan fingerprint density at radius 3 is 2.74 bits per heavy atom. The normalized spacial score (nSPS) is 16.6. The number of amides is 2. The number of pyridine rings is 1. The van der Waals surface area contributed by atoms with Crippen molar-refractivity contribution >= 4 is 61.6 Å². The van der Waals surface area contributed by atoms with Gasteiger partial charge in [0, 0.05) is 33.7 Å². The molecule has 0 radical (unpaired) electrons. The highest BCUT2D eigenvalue weighted by Gasteiger charge is 2.37. The predicted molar refractivity (Wildman–Crippen MR) is 140 cm³/mol. The first-order valence-corrected chi connectivity index (χ1v) is 12.3. The maximum Gasteiger partial charge on any atom is 0.272 e. The SMILES string of the molecule is O=C(N[C@@H]1N=C(c2ccccc2)c2cccc3c2N(CC3)C1=O)c1cnc2ccc(Br)cc2c1Cl. The maximum atomic E-state index is 13.6. The Labute approximate surface area is 214 Å². The van der Waals surface area contributed by atoms with E-state index in [2.05, 4.69) is 26.2 Å². The Kier molecular flexibility index (Phi) is 5.39. The van der Waals surface area contributed by atoms with Crippen molar-refractivity contribution in [2.24, 2.45) is 4.99 Å². The van der Waals surface area contributed by atoms with Crippen LogP contribution in [0, 0.1) is 0 Å². The maximum absolute atomic E-state index is 13.6. The number of anilines is 1. The second kappa shape index (κ2) is 8.59. The highest BCUT2D eigenvalue weighted by Crippen LogP contribution is 2.36. The molecule has 35 heavy (non-hydrogen) atoms. The standard InChI is InChI=1S/C27H18BrClN4O2/c28-17-9-10-21-19(13-17)22(29)20(14-30-21)26(34)32-25-27(35)33-12-11-16-7-4-8-18(24(16)33)23(31-25)15-5-2-1-3-6-15/h1-10,13-14,25H,11-12H2,(H,32,34)/t25-/m0/s1. The first-order chi connectivity index (χ1) is 17.0. The number of fused-ring (bicyclic) bond motifs is 1. The molecule has 172 valence electrons. The lowest BCUT2D eigenvalue weighted by Crippen LogP contribution is -2.47. The molecule has 1 atom stereocenters. The van der Waals surface area contributed by atoms with Gasteiger partial charge < -0.3 is 10.2 Å². The van der Waals surface area contributed by atoms with E-state index in [1.54, 1.807) is 4.90 Å². The summed E-state index contributed by atoms with van der Waals surface area (Å²) < 4.78 is 0.824. The molecule has 0 bridgehead atoms. The molecule has 0 fully saturated rings. The van der Waals surface area contributed by atoms with Crippen LogP contribution < -0.4 is 10.2 Å². The number of halogens is 2. The summed E-state index contributed by atoms with van der Waals surface area (Å²) in [5, 5.41) is 3.73. The fraction of sp³-hybridized carbons (Fsp3) is 0.111. The zero-order valence-electron chi connectivity index (χ0n) is 18.3. The van der Waals surface area contributed by atoms with Gasteiger partial charge in [-0.15, -0.1) is 0 Å². The molecule has 1 N–H and O–H groups in total. The van der Waals surface area contributed by atoms with Gasteiger partial charge in [0.15, 0.2) is 0 Å². The van der Waals surface area contributed by atoms with E-state index < -0.39 is 12.1 Å². The van der Waals surface area contributed by atoms with Gasteiger partial charge in [-0.3, -0.25) is 14.6 Å². The molecule has 0 unspecified atom stereocenters. The van der Waals surface area contributed by atoms with Crippen LogP contribution in [0.5, 0.6) is 0 Å². The molecule has 6 rings (SSSR count). The second-order valence-electron chi connectivity index (χ2n) is 8.42. The van der Waals surface area contributed by atoms with E-state index in [-0.39, 0.29) is 16.5 Å². The van der Waals surface area contributed by atoms with Gasteiger partial charge >= 0.3 is 0 Å². The van der Waals surface area contributed by atoms with Crippen molar-refractivity contribution in [1.82, 2.24) is 10.3 Å². The van der Waals surface area contributed by atoms with E-state index in [9.17, 15) is 9.59 Å². The van der Waals surface area contributed by atoms with Crippen LogP contribution in [-0.4, -0.2) is 35.2 Å². The van der Waals surface area contributed by atoms with Crippen molar-refractivity contribution in [1.29, 1.82) is 0 Å². The minimum absolute atomic E-state index is 0.186. The number of hydrogen-bond donors (Lipinski definition) is 1. The number of carbonyl (C=O) groups is 2. The monoisotopic (exact) mass is 544 g/mol. The molecule has 8 heteroatoms. The van der Waals surface area contributed by atoms with Gasteiger partial charge in [0.25, 0.3) is 11.8 Å². The van der Waals surface area contributed by atoms with Gasteiger partial charge in [-0.2, -0.15) is 0 Å². The van der Waals surface area contributed by atoms with E-state index in [4.69, 9.17) is 16.6 Å². The predicted octanol–water partition coefficient (Wildman–Crippen LogP) is 5.15. The molecule has 1 aromatic heterocycles. The lowest BCUT2D eigenvalue weighted by molar-refractivity contribution is -0.120. The van der Waals surface area contributed by atoms with E-state index in [1.165, 1.54) is 6.20 Å². The smallest absolute Gasteiger partial charge is 0.272 e. The highest BCUT2D eigenvalue weighted by atomic mass is 79.9. The molecule has 6 nitrogen and oxygen atoms in total. The van der Waals surface area contributed by atoms with Crippen molar-refractivity contribution in [2.75, 3.05) is 11.4 Å². The number of carbonyl (C=O) groups excluding carboxylic acids is 2. The Hall–Kier alpha value is -3.55. The van der Waals surface area contributed by atoms with Crippen LogP contribution in [-0.2, 0) is 11.2 Å². The van der Waals surface area contributed by atoms with Crippen LogP contribution in [0.25, 0.3) is 10.9 Å². The van der Waals surface area contributed by atoms with Crippen molar-refractivity contribution in [3.8, 4) is 0 Å². The Morgan fingerprint density at radius 2 is 1.91 bits per heavy atom. The summed E-state index contributed by atoms with van der Waals surface area (Å²) in [6.45, 7) is 0.543. The first kappa shape index (κ1) is 21.9. The molecule has 2 amide bonds.